The molecule has 4 aromatic rings. The summed E-state index contributed by atoms with van der Waals surface area (Å²) in [5.41, 5.74) is 2.16. The standard InChI is InChI=1S/C24H24N6O3/c31-21(13-20-16-5-1-2-6-17(16)24(33)29-28-20)25-14-22(32)30-11-9-15(10-12-30)23-26-18-7-3-4-8-19(18)27-23/h1-8,15H,9-14H2,(H,25,31)(H,26,27)(H,29,33). The van der Waals surface area contributed by atoms with Crippen molar-refractivity contribution in [1.29, 1.82) is 0 Å². The van der Waals surface area contributed by atoms with E-state index < -0.39 is 0 Å². The summed E-state index contributed by atoms with van der Waals surface area (Å²) >= 11 is 0. The number of nitrogens with one attached hydrogen (secondary N) is 3. The Morgan fingerprint density at radius 3 is 2.55 bits per heavy atom. The summed E-state index contributed by atoms with van der Waals surface area (Å²) in [6.45, 7) is 1.19. The number of para-hydroxylation sites is 2. The molecular formula is C24H24N6O3. The number of rotatable bonds is 5. The number of H-pyrrole nitrogens is 2. The van der Waals surface area contributed by atoms with Gasteiger partial charge in [-0.1, -0.05) is 30.3 Å². The molecule has 9 nitrogen and oxygen atoms in total. The van der Waals surface area contributed by atoms with E-state index in [4.69, 9.17) is 0 Å². The number of piperidine rings is 1. The minimum Gasteiger partial charge on any atom is -0.347 e. The van der Waals surface area contributed by atoms with Crippen LogP contribution >= 0.6 is 0 Å². The Balaban J connectivity index is 1.14. The lowest BCUT2D eigenvalue weighted by Gasteiger charge is -2.31. The fraction of sp³-hybridized carbons (Fsp3) is 0.292. The van der Waals surface area contributed by atoms with Crippen molar-refractivity contribution >= 4 is 33.6 Å². The van der Waals surface area contributed by atoms with Gasteiger partial charge in [0, 0.05) is 24.4 Å². The van der Waals surface area contributed by atoms with Crippen LogP contribution < -0.4 is 10.9 Å². The van der Waals surface area contributed by atoms with Gasteiger partial charge in [-0.05, 0) is 31.0 Å². The molecular weight excluding hydrogens is 420 g/mol. The Morgan fingerprint density at radius 1 is 1.03 bits per heavy atom. The fourth-order valence-corrected chi connectivity index (χ4v) is 4.38. The second kappa shape index (κ2) is 8.85. The Morgan fingerprint density at radius 2 is 1.76 bits per heavy atom. The van der Waals surface area contributed by atoms with Gasteiger partial charge < -0.3 is 15.2 Å². The lowest BCUT2D eigenvalue weighted by atomic mass is 9.96. The van der Waals surface area contributed by atoms with Gasteiger partial charge >= 0.3 is 0 Å². The van der Waals surface area contributed by atoms with E-state index in [0.717, 1.165) is 29.7 Å². The van der Waals surface area contributed by atoms with Gasteiger partial charge in [-0.15, -0.1) is 0 Å². The zero-order chi connectivity index (χ0) is 22.8. The summed E-state index contributed by atoms with van der Waals surface area (Å²) in [6.07, 6.45) is 1.64. The number of carbonyl (C=O) groups excluding carboxylic acids is 2. The molecule has 1 fully saturated rings. The highest BCUT2D eigenvalue weighted by atomic mass is 16.2. The molecule has 0 atom stereocenters. The molecule has 9 heteroatoms. The summed E-state index contributed by atoms with van der Waals surface area (Å²) in [5, 5.41) is 10.2. The highest BCUT2D eigenvalue weighted by Gasteiger charge is 2.26. The predicted molar refractivity (Wildman–Crippen MR) is 124 cm³/mol. The van der Waals surface area contributed by atoms with E-state index in [-0.39, 0.29) is 36.3 Å². The van der Waals surface area contributed by atoms with Crippen LogP contribution in [0.15, 0.2) is 53.3 Å². The van der Waals surface area contributed by atoms with Gasteiger partial charge in [0.05, 0.1) is 35.1 Å². The number of aromatic nitrogens is 4. The van der Waals surface area contributed by atoms with E-state index in [1.54, 1.807) is 29.2 Å². The smallest absolute Gasteiger partial charge is 0.272 e. The quantitative estimate of drug-likeness (QED) is 0.434. The first kappa shape index (κ1) is 20.9. The maximum atomic E-state index is 12.6. The van der Waals surface area contributed by atoms with Crippen LogP contribution in [0.2, 0.25) is 0 Å². The Labute approximate surface area is 189 Å². The summed E-state index contributed by atoms with van der Waals surface area (Å²) in [7, 11) is 0. The van der Waals surface area contributed by atoms with Crippen molar-refractivity contribution < 1.29 is 9.59 Å². The second-order valence-electron chi connectivity index (χ2n) is 8.29. The zero-order valence-corrected chi connectivity index (χ0v) is 18.0. The molecule has 1 saturated heterocycles. The van der Waals surface area contributed by atoms with Crippen LogP contribution in [-0.2, 0) is 16.0 Å². The van der Waals surface area contributed by atoms with Crippen molar-refractivity contribution in [2.24, 2.45) is 0 Å². The number of nitrogens with zero attached hydrogens (tertiary/aromatic N) is 3. The minimum absolute atomic E-state index is 0.0152. The normalized spacial score (nSPS) is 14.6. The SMILES string of the molecule is O=C(Cc1n[nH]c(=O)c2ccccc12)NCC(=O)N1CCC(c2nc3ccccc3[nH]2)CC1. The summed E-state index contributed by atoms with van der Waals surface area (Å²) in [5.74, 6) is 0.837. The van der Waals surface area contributed by atoms with Gasteiger partial charge in [0.2, 0.25) is 11.8 Å². The van der Waals surface area contributed by atoms with Crippen molar-refractivity contribution in [3.8, 4) is 0 Å². The maximum Gasteiger partial charge on any atom is 0.272 e. The first-order chi connectivity index (χ1) is 16.1. The summed E-state index contributed by atoms with van der Waals surface area (Å²) < 4.78 is 0. The molecule has 0 aliphatic carbocycles. The van der Waals surface area contributed by atoms with Gasteiger partial charge in [-0.2, -0.15) is 5.10 Å². The lowest BCUT2D eigenvalue weighted by Crippen LogP contribution is -2.44. The molecule has 2 amide bonds. The summed E-state index contributed by atoms with van der Waals surface area (Å²) in [4.78, 5) is 46.8. The zero-order valence-electron chi connectivity index (χ0n) is 18.0. The summed E-state index contributed by atoms with van der Waals surface area (Å²) in [6, 6.07) is 15.0. The van der Waals surface area contributed by atoms with Crippen LogP contribution in [0.25, 0.3) is 21.8 Å². The molecule has 0 unspecified atom stereocenters. The topological polar surface area (TPSA) is 124 Å². The average Bonchev–Trinajstić information content (AvgIpc) is 3.29. The maximum absolute atomic E-state index is 12.6. The van der Waals surface area contributed by atoms with Crippen molar-refractivity contribution in [2.45, 2.75) is 25.2 Å². The van der Waals surface area contributed by atoms with Gasteiger partial charge in [-0.3, -0.25) is 14.4 Å². The molecule has 0 bridgehead atoms. The average molecular weight is 444 g/mol. The van der Waals surface area contributed by atoms with E-state index >= 15 is 0 Å². The van der Waals surface area contributed by atoms with E-state index in [1.165, 1.54) is 0 Å². The molecule has 2 aromatic carbocycles. The Hall–Kier alpha value is -4.01. The lowest BCUT2D eigenvalue weighted by molar-refractivity contribution is -0.133. The minimum atomic E-state index is -0.315. The van der Waals surface area contributed by atoms with Crippen LogP contribution in [0.5, 0.6) is 0 Å². The highest BCUT2D eigenvalue weighted by molar-refractivity contribution is 5.90. The van der Waals surface area contributed by atoms with Gasteiger partial charge in [-0.25, -0.2) is 10.1 Å². The van der Waals surface area contributed by atoms with Crippen LogP contribution in [0.3, 0.4) is 0 Å². The van der Waals surface area contributed by atoms with Crippen molar-refractivity contribution in [1.82, 2.24) is 30.4 Å². The second-order valence-corrected chi connectivity index (χ2v) is 8.29. The first-order valence-electron chi connectivity index (χ1n) is 11.0. The predicted octanol–water partition coefficient (Wildman–Crippen LogP) is 1.86. The molecule has 5 rings (SSSR count). The van der Waals surface area contributed by atoms with Crippen LogP contribution in [0.4, 0.5) is 0 Å². The van der Waals surface area contributed by atoms with Gasteiger partial charge in [0.1, 0.15) is 5.82 Å². The fourth-order valence-electron chi connectivity index (χ4n) is 4.38. The molecule has 0 spiro atoms. The molecule has 168 valence electrons. The molecule has 1 aliphatic heterocycles. The molecule has 33 heavy (non-hydrogen) atoms. The van der Waals surface area contributed by atoms with Gasteiger partial charge in [0.15, 0.2) is 0 Å². The number of carbonyl (C=O) groups is 2. The van der Waals surface area contributed by atoms with Gasteiger partial charge in [0.25, 0.3) is 5.56 Å². The van der Waals surface area contributed by atoms with E-state index in [9.17, 15) is 14.4 Å². The van der Waals surface area contributed by atoms with Crippen molar-refractivity contribution in [3.63, 3.8) is 0 Å². The molecule has 0 radical (unpaired) electrons. The third-order valence-corrected chi connectivity index (χ3v) is 6.18. The number of hydrogen-bond acceptors (Lipinski definition) is 5. The van der Waals surface area contributed by atoms with Crippen molar-refractivity contribution in [3.05, 3.63) is 70.4 Å². The number of benzene rings is 2. The first-order valence-corrected chi connectivity index (χ1v) is 11.0. The van der Waals surface area contributed by atoms with Crippen molar-refractivity contribution in [2.75, 3.05) is 19.6 Å². The molecule has 0 saturated carbocycles. The number of likely N-dealkylation sites (tertiary alicyclic amines) is 1. The number of hydrogen-bond donors (Lipinski definition) is 3. The number of imidazole rings is 1. The van der Waals surface area contributed by atoms with Crippen LogP contribution in [0.1, 0.15) is 30.3 Å². The van der Waals surface area contributed by atoms with E-state index in [1.807, 2.05) is 24.3 Å². The number of amides is 2. The number of aromatic amines is 2. The monoisotopic (exact) mass is 444 g/mol. The molecule has 1 aliphatic rings. The van der Waals surface area contributed by atoms with E-state index in [2.05, 4.69) is 25.5 Å². The Bertz CT molecular complexity index is 1350. The molecule has 3 heterocycles. The Kier molecular flexibility index (Phi) is 5.60. The molecule has 2 aromatic heterocycles. The largest absolute Gasteiger partial charge is 0.347 e. The third-order valence-electron chi connectivity index (χ3n) is 6.18. The van der Waals surface area contributed by atoms with Crippen LogP contribution in [-0.4, -0.2) is 56.5 Å². The van der Waals surface area contributed by atoms with E-state index in [0.29, 0.717) is 29.6 Å². The molecule has 3 N–H and O–H groups in total. The third kappa shape index (κ3) is 4.34. The highest BCUT2D eigenvalue weighted by Crippen LogP contribution is 2.27. The van der Waals surface area contributed by atoms with Crippen LogP contribution in [0, 0.1) is 0 Å². The number of fused-ring (bicyclic) bond motifs is 2.